The summed E-state index contributed by atoms with van der Waals surface area (Å²) in [5, 5.41) is 18.6. The Morgan fingerprint density at radius 2 is 1.57 bits per heavy atom. The van der Waals surface area contributed by atoms with Gasteiger partial charge < -0.3 is 35.4 Å². The smallest absolute Gasteiger partial charge is 0.409 e. The van der Waals surface area contributed by atoms with Crippen LogP contribution in [-0.4, -0.2) is 79.1 Å². The van der Waals surface area contributed by atoms with E-state index in [0.29, 0.717) is 44.8 Å². The molecule has 1 aliphatic heterocycles. The molecule has 10 heteroatoms. The molecule has 1 saturated heterocycles. The summed E-state index contributed by atoms with van der Waals surface area (Å²) in [5.41, 5.74) is 3.19. The molecule has 0 saturated carbocycles. The quantitative estimate of drug-likeness (QED) is 0.220. The van der Waals surface area contributed by atoms with Crippen LogP contribution in [-0.2, 0) is 20.7 Å². The van der Waals surface area contributed by atoms with Gasteiger partial charge in [0.25, 0.3) is 0 Å². The number of nitrogens with one attached hydrogen (secondary N) is 3. The first-order valence-corrected chi connectivity index (χ1v) is 15.1. The largest absolute Gasteiger partial charge is 0.465 e. The molecule has 0 spiro atoms. The number of ether oxygens (including phenoxy) is 2. The summed E-state index contributed by atoms with van der Waals surface area (Å²) >= 11 is 0. The van der Waals surface area contributed by atoms with Gasteiger partial charge >= 0.3 is 12.2 Å². The van der Waals surface area contributed by atoms with E-state index >= 15 is 0 Å². The second-order valence-electron chi connectivity index (χ2n) is 10.7. The summed E-state index contributed by atoms with van der Waals surface area (Å²) in [5.74, 6) is -0.989. The monoisotopic (exact) mass is 602 g/mol. The normalized spacial score (nSPS) is 17.0. The van der Waals surface area contributed by atoms with E-state index in [9.17, 15) is 19.5 Å². The number of benzene rings is 3. The van der Waals surface area contributed by atoms with Crippen molar-refractivity contribution < 1.29 is 29.0 Å². The molecular weight excluding hydrogens is 560 g/mol. The highest BCUT2D eigenvalue weighted by atomic mass is 16.6. The van der Waals surface area contributed by atoms with E-state index in [1.54, 1.807) is 4.90 Å². The predicted octanol–water partition coefficient (Wildman–Crippen LogP) is 4.86. The molecule has 234 valence electrons. The maximum atomic E-state index is 13.8. The first kappa shape index (κ1) is 32.5. The van der Waals surface area contributed by atoms with Crippen molar-refractivity contribution in [2.75, 3.05) is 38.2 Å². The first-order chi connectivity index (χ1) is 21.4. The molecule has 3 atom stereocenters. The van der Waals surface area contributed by atoms with E-state index in [1.807, 2.05) is 98.8 Å². The van der Waals surface area contributed by atoms with E-state index in [-0.39, 0.29) is 24.8 Å². The highest BCUT2D eigenvalue weighted by Gasteiger charge is 2.33. The van der Waals surface area contributed by atoms with Crippen LogP contribution in [0.4, 0.5) is 15.3 Å². The second kappa shape index (κ2) is 16.4. The van der Waals surface area contributed by atoms with Crippen LogP contribution in [0.25, 0.3) is 0 Å². The molecule has 3 aromatic carbocycles. The lowest BCUT2D eigenvalue weighted by Gasteiger charge is -2.31. The zero-order chi connectivity index (χ0) is 31.3. The van der Waals surface area contributed by atoms with Crippen molar-refractivity contribution in [3.63, 3.8) is 0 Å². The Kier molecular flexibility index (Phi) is 12.1. The number of anilines is 1. The maximum absolute atomic E-state index is 13.8. The Morgan fingerprint density at radius 1 is 0.955 bits per heavy atom. The van der Waals surface area contributed by atoms with Gasteiger partial charge in [-0.05, 0) is 49.4 Å². The van der Waals surface area contributed by atoms with Crippen LogP contribution < -0.4 is 16.0 Å². The number of para-hydroxylation sites is 1. The molecular formula is C34H42N4O6. The van der Waals surface area contributed by atoms with E-state index in [4.69, 9.17) is 9.47 Å². The molecule has 1 heterocycles. The average Bonchev–Trinajstić information content (AvgIpc) is 3.05. The minimum atomic E-state index is -1.28. The van der Waals surface area contributed by atoms with Gasteiger partial charge in [0.2, 0.25) is 5.91 Å². The summed E-state index contributed by atoms with van der Waals surface area (Å²) in [4.78, 5) is 39.5. The molecule has 0 aromatic heterocycles. The van der Waals surface area contributed by atoms with Crippen LogP contribution >= 0.6 is 0 Å². The van der Waals surface area contributed by atoms with Crippen LogP contribution in [0.3, 0.4) is 0 Å². The fourth-order valence-electron chi connectivity index (χ4n) is 5.42. The number of amides is 3. The standard InChI is InChI=1S/C34H42N4O6/c1-3-38(4-2)34(42)44-23-27-22-43-28(21-35-27)20-19-24-13-11-12-18-29(24)36-32(39)31(37-33(40)41)30(25-14-7-5-8-15-25)26-16-9-6-10-17-26/h5-18,27-28,30-31,35,37H,3-4,19-23H2,1-2H3,(H,36,39)(H,40,41)/t27-,28+,31-/m0/s1. The molecule has 3 aromatic rings. The van der Waals surface area contributed by atoms with Gasteiger partial charge in [0.15, 0.2) is 0 Å². The third kappa shape index (κ3) is 9.05. The zero-order valence-corrected chi connectivity index (χ0v) is 25.3. The van der Waals surface area contributed by atoms with E-state index < -0.39 is 24.0 Å². The second-order valence-corrected chi connectivity index (χ2v) is 10.7. The SMILES string of the molecule is CCN(CC)C(=O)OC[C@@H]1CO[C@H](CCc2ccccc2NC(=O)[C@@H](NC(=O)O)C(c2ccccc2)c2ccccc2)CN1. The van der Waals surface area contributed by atoms with Crippen LogP contribution in [0.5, 0.6) is 0 Å². The number of aryl methyl sites for hydroxylation is 1. The lowest BCUT2D eigenvalue weighted by atomic mass is 9.84. The van der Waals surface area contributed by atoms with E-state index in [1.165, 1.54) is 0 Å². The molecule has 0 unspecified atom stereocenters. The van der Waals surface area contributed by atoms with Crippen molar-refractivity contribution >= 4 is 23.8 Å². The Balaban J connectivity index is 1.39. The predicted molar refractivity (Wildman–Crippen MR) is 169 cm³/mol. The molecule has 1 fully saturated rings. The maximum Gasteiger partial charge on any atom is 0.409 e. The summed E-state index contributed by atoms with van der Waals surface area (Å²) in [7, 11) is 0. The highest BCUT2D eigenvalue weighted by Crippen LogP contribution is 2.30. The number of nitrogens with zero attached hydrogens (tertiary/aromatic N) is 1. The number of carbonyl (C=O) groups is 3. The van der Waals surface area contributed by atoms with Crippen molar-refractivity contribution in [1.29, 1.82) is 0 Å². The molecule has 4 N–H and O–H groups in total. The minimum absolute atomic E-state index is 0.0459. The number of hydrogen-bond acceptors (Lipinski definition) is 6. The number of morpholine rings is 1. The van der Waals surface area contributed by atoms with Gasteiger partial charge in [-0.1, -0.05) is 78.9 Å². The summed E-state index contributed by atoms with van der Waals surface area (Å²) < 4.78 is 11.5. The topological polar surface area (TPSA) is 129 Å². The number of carboxylic acid groups (broad SMARTS) is 1. The van der Waals surface area contributed by atoms with Gasteiger partial charge in [0.1, 0.15) is 12.6 Å². The number of carbonyl (C=O) groups excluding carboxylic acids is 2. The highest BCUT2D eigenvalue weighted by molar-refractivity contribution is 5.98. The first-order valence-electron chi connectivity index (χ1n) is 15.1. The van der Waals surface area contributed by atoms with Gasteiger partial charge in [-0.15, -0.1) is 0 Å². The minimum Gasteiger partial charge on any atom is -0.465 e. The van der Waals surface area contributed by atoms with Crippen LogP contribution in [0.15, 0.2) is 84.9 Å². The molecule has 1 aliphatic rings. The van der Waals surface area contributed by atoms with Gasteiger partial charge in [-0.2, -0.15) is 0 Å². The third-order valence-electron chi connectivity index (χ3n) is 7.82. The van der Waals surface area contributed by atoms with Gasteiger partial charge in [0, 0.05) is 31.2 Å². The van der Waals surface area contributed by atoms with Crippen LogP contribution in [0.1, 0.15) is 42.9 Å². The summed E-state index contributed by atoms with van der Waals surface area (Å²) in [6.07, 6.45) is -0.298. The van der Waals surface area contributed by atoms with E-state index in [2.05, 4.69) is 16.0 Å². The van der Waals surface area contributed by atoms with Gasteiger partial charge in [-0.3, -0.25) is 4.79 Å². The average molecular weight is 603 g/mol. The van der Waals surface area contributed by atoms with Gasteiger partial charge in [0.05, 0.1) is 18.8 Å². The fourth-order valence-corrected chi connectivity index (χ4v) is 5.42. The molecule has 44 heavy (non-hydrogen) atoms. The van der Waals surface area contributed by atoms with Crippen molar-refractivity contribution in [3.8, 4) is 0 Å². The molecule has 0 bridgehead atoms. The Labute approximate surface area is 258 Å². The fraction of sp³-hybridized carbons (Fsp3) is 0.382. The van der Waals surface area contributed by atoms with Crippen molar-refractivity contribution in [1.82, 2.24) is 15.5 Å². The summed E-state index contributed by atoms with van der Waals surface area (Å²) in [6.45, 7) is 6.32. The molecule has 4 rings (SSSR count). The Hall–Kier alpha value is -4.41. The van der Waals surface area contributed by atoms with Crippen LogP contribution in [0.2, 0.25) is 0 Å². The van der Waals surface area contributed by atoms with Crippen molar-refractivity contribution in [3.05, 3.63) is 102 Å². The van der Waals surface area contributed by atoms with Crippen LogP contribution in [0, 0.1) is 0 Å². The van der Waals surface area contributed by atoms with Crippen molar-refractivity contribution in [2.24, 2.45) is 0 Å². The molecule has 3 amide bonds. The lowest BCUT2D eigenvalue weighted by Crippen LogP contribution is -2.49. The van der Waals surface area contributed by atoms with Crippen molar-refractivity contribution in [2.45, 2.75) is 50.8 Å². The number of rotatable bonds is 13. The molecule has 0 aliphatic carbocycles. The summed E-state index contributed by atoms with van der Waals surface area (Å²) in [6, 6.07) is 25.2. The molecule has 0 radical (unpaired) electrons. The zero-order valence-electron chi connectivity index (χ0n) is 25.3. The van der Waals surface area contributed by atoms with Gasteiger partial charge in [-0.25, -0.2) is 9.59 Å². The third-order valence-corrected chi connectivity index (χ3v) is 7.82. The Morgan fingerprint density at radius 3 is 2.14 bits per heavy atom. The molecule has 10 nitrogen and oxygen atoms in total. The Bertz CT molecular complexity index is 1300. The lowest BCUT2D eigenvalue weighted by molar-refractivity contribution is -0.118. The number of hydrogen-bond donors (Lipinski definition) is 4. The van der Waals surface area contributed by atoms with E-state index in [0.717, 1.165) is 16.7 Å².